The second kappa shape index (κ2) is 5.75. The van der Waals surface area contributed by atoms with Crippen molar-refractivity contribution in [2.24, 2.45) is 5.73 Å². The van der Waals surface area contributed by atoms with Gasteiger partial charge in [0.2, 0.25) is 5.91 Å². The number of carbonyl (C=O) groups excluding carboxylic acids is 1. The van der Waals surface area contributed by atoms with Gasteiger partial charge in [0.05, 0.1) is 0 Å². The van der Waals surface area contributed by atoms with Crippen LogP contribution in [0.2, 0.25) is 0 Å². The molecule has 18 heavy (non-hydrogen) atoms. The third-order valence-electron chi connectivity index (χ3n) is 2.48. The van der Waals surface area contributed by atoms with E-state index in [0.717, 1.165) is 22.8 Å². The maximum atomic E-state index is 11.0. The number of benzene rings is 1. The third kappa shape index (κ3) is 3.38. The number of nitrogens with one attached hydrogen (secondary N) is 1. The molecule has 2 rings (SSSR count). The molecule has 0 aliphatic rings. The molecule has 3 N–H and O–H groups in total. The summed E-state index contributed by atoms with van der Waals surface area (Å²) in [6.45, 7) is 3.41. The zero-order valence-electron chi connectivity index (χ0n) is 10.1. The number of primary amides is 1. The fraction of sp³-hybridized carbons (Fsp3) is 0.231. The molecule has 0 unspecified atom stereocenters. The summed E-state index contributed by atoms with van der Waals surface area (Å²) in [6.07, 6.45) is 0. The zero-order valence-corrected chi connectivity index (χ0v) is 11.0. The Balaban J connectivity index is 1.90. The predicted octanol–water partition coefficient (Wildman–Crippen LogP) is 1.84. The van der Waals surface area contributed by atoms with E-state index >= 15 is 0 Å². The second-order valence-electron chi connectivity index (χ2n) is 4.05. The van der Waals surface area contributed by atoms with Gasteiger partial charge < -0.3 is 11.1 Å². The molecule has 0 saturated carbocycles. The van der Waals surface area contributed by atoms with E-state index in [1.807, 2.05) is 30.5 Å². The van der Waals surface area contributed by atoms with Crippen LogP contribution >= 0.6 is 11.3 Å². The van der Waals surface area contributed by atoms with Crippen LogP contribution in [0.1, 0.15) is 26.6 Å². The summed E-state index contributed by atoms with van der Waals surface area (Å²) in [5, 5.41) is 6.39. The van der Waals surface area contributed by atoms with Crippen molar-refractivity contribution in [3.05, 3.63) is 51.5 Å². The lowest BCUT2D eigenvalue weighted by molar-refractivity contribution is 0.1000. The molecule has 0 radical (unpaired) electrons. The Morgan fingerprint density at radius 1 is 1.44 bits per heavy atom. The average Bonchev–Trinajstić information content (AvgIpc) is 2.75. The number of amides is 1. The molecule has 0 spiro atoms. The Morgan fingerprint density at radius 2 is 2.28 bits per heavy atom. The van der Waals surface area contributed by atoms with Crippen LogP contribution < -0.4 is 11.1 Å². The lowest BCUT2D eigenvalue weighted by Gasteiger charge is -2.04. The maximum Gasteiger partial charge on any atom is 0.248 e. The molecule has 0 bridgehead atoms. The molecule has 1 amide bonds. The van der Waals surface area contributed by atoms with Gasteiger partial charge in [-0.25, -0.2) is 4.98 Å². The summed E-state index contributed by atoms with van der Waals surface area (Å²) in [4.78, 5) is 15.4. The lowest BCUT2D eigenvalue weighted by Crippen LogP contribution is -2.14. The van der Waals surface area contributed by atoms with Crippen molar-refractivity contribution >= 4 is 17.2 Å². The van der Waals surface area contributed by atoms with Crippen LogP contribution in [0.15, 0.2) is 29.6 Å². The molecule has 0 saturated heterocycles. The first-order valence-electron chi connectivity index (χ1n) is 5.65. The van der Waals surface area contributed by atoms with E-state index in [-0.39, 0.29) is 0 Å². The monoisotopic (exact) mass is 261 g/mol. The van der Waals surface area contributed by atoms with Crippen molar-refractivity contribution in [3.8, 4) is 0 Å². The van der Waals surface area contributed by atoms with Crippen molar-refractivity contribution in [2.75, 3.05) is 0 Å². The molecule has 5 heteroatoms. The highest BCUT2D eigenvalue weighted by Crippen LogP contribution is 2.09. The van der Waals surface area contributed by atoms with Gasteiger partial charge in [-0.1, -0.05) is 12.1 Å². The minimum absolute atomic E-state index is 0.396. The van der Waals surface area contributed by atoms with Crippen LogP contribution in [-0.4, -0.2) is 10.9 Å². The van der Waals surface area contributed by atoms with Crippen LogP contribution in [0.5, 0.6) is 0 Å². The molecule has 4 nitrogen and oxygen atoms in total. The molecular formula is C13H15N3OS. The Hall–Kier alpha value is -1.72. The van der Waals surface area contributed by atoms with Crippen molar-refractivity contribution < 1.29 is 4.79 Å². The van der Waals surface area contributed by atoms with Gasteiger partial charge in [0.15, 0.2) is 0 Å². The van der Waals surface area contributed by atoms with Crippen LogP contribution in [0.4, 0.5) is 0 Å². The molecular weight excluding hydrogens is 246 g/mol. The summed E-state index contributed by atoms with van der Waals surface area (Å²) in [5.41, 5.74) is 7.87. The summed E-state index contributed by atoms with van der Waals surface area (Å²) in [6, 6.07) is 7.33. The van der Waals surface area contributed by atoms with E-state index in [2.05, 4.69) is 10.3 Å². The molecule has 1 aromatic carbocycles. The van der Waals surface area contributed by atoms with E-state index in [1.165, 1.54) is 0 Å². The number of nitrogens with two attached hydrogens (primary N) is 1. The van der Waals surface area contributed by atoms with Crippen molar-refractivity contribution in [3.63, 3.8) is 0 Å². The number of hydrogen-bond donors (Lipinski definition) is 2. The van der Waals surface area contributed by atoms with Gasteiger partial charge in [-0.2, -0.15) is 0 Å². The number of nitrogens with zero attached hydrogens (tertiary/aromatic N) is 1. The fourth-order valence-corrected chi connectivity index (χ4v) is 2.37. The molecule has 94 valence electrons. The topological polar surface area (TPSA) is 68.0 Å². The minimum atomic E-state index is -0.396. The number of rotatable bonds is 5. The van der Waals surface area contributed by atoms with Crippen LogP contribution in [0.3, 0.4) is 0 Å². The van der Waals surface area contributed by atoms with E-state index in [9.17, 15) is 4.79 Å². The SMILES string of the molecule is Cc1csc(CNCc2cccc(C(N)=O)c2)n1. The van der Waals surface area contributed by atoms with Crippen molar-refractivity contribution in [2.45, 2.75) is 20.0 Å². The summed E-state index contributed by atoms with van der Waals surface area (Å²) < 4.78 is 0. The van der Waals surface area contributed by atoms with Gasteiger partial charge in [0.25, 0.3) is 0 Å². The van der Waals surface area contributed by atoms with Crippen LogP contribution in [0.25, 0.3) is 0 Å². The molecule has 1 aromatic heterocycles. The fourth-order valence-electron chi connectivity index (χ4n) is 1.63. The second-order valence-corrected chi connectivity index (χ2v) is 4.99. The predicted molar refractivity (Wildman–Crippen MR) is 72.4 cm³/mol. The highest BCUT2D eigenvalue weighted by atomic mass is 32.1. The molecule has 0 atom stereocenters. The van der Waals surface area contributed by atoms with Gasteiger partial charge >= 0.3 is 0 Å². The minimum Gasteiger partial charge on any atom is -0.366 e. The standard InChI is InChI=1S/C13H15N3OS/c1-9-8-18-12(16-9)7-15-6-10-3-2-4-11(5-10)13(14)17/h2-5,8,15H,6-7H2,1H3,(H2,14,17). The first kappa shape index (κ1) is 12.7. The molecule has 1 heterocycles. The lowest BCUT2D eigenvalue weighted by atomic mass is 10.1. The summed E-state index contributed by atoms with van der Waals surface area (Å²) in [7, 11) is 0. The largest absolute Gasteiger partial charge is 0.366 e. The van der Waals surface area contributed by atoms with Gasteiger partial charge in [-0.05, 0) is 24.6 Å². The Bertz CT molecular complexity index is 551. The normalized spacial score (nSPS) is 10.5. The van der Waals surface area contributed by atoms with Crippen LogP contribution in [0, 0.1) is 6.92 Å². The maximum absolute atomic E-state index is 11.0. The van der Waals surface area contributed by atoms with Gasteiger partial charge in [0.1, 0.15) is 5.01 Å². The van der Waals surface area contributed by atoms with E-state index in [4.69, 9.17) is 5.73 Å². The molecule has 0 aliphatic carbocycles. The number of aryl methyl sites for hydroxylation is 1. The highest BCUT2D eigenvalue weighted by Gasteiger charge is 2.02. The molecule has 2 aromatic rings. The number of aromatic nitrogens is 1. The Labute approximate surface area is 110 Å². The number of hydrogen-bond acceptors (Lipinski definition) is 4. The van der Waals surface area contributed by atoms with Crippen molar-refractivity contribution in [1.29, 1.82) is 0 Å². The first-order valence-corrected chi connectivity index (χ1v) is 6.53. The van der Waals surface area contributed by atoms with E-state index < -0.39 is 5.91 Å². The smallest absolute Gasteiger partial charge is 0.248 e. The molecule has 0 fully saturated rings. The van der Waals surface area contributed by atoms with Crippen molar-refractivity contribution in [1.82, 2.24) is 10.3 Å². The van der Waals surface area contributed by atoms with E-state index in [1.54, 1.807) is 17.4 Å². The third-order valence-corrected chi connectivity index (χ3v) is 3.45. The van der Waals surface area contributed by atoms with Gasteiger partial charge in [0, 0.05) is 29.7 Å². The van der Waals surface area contributed by atoms with Crippen LogP contribution in [-0.2, 0) is 13.1 Å². The van der Waals surface area contributed by atoms with Gasteiger partial charge in [-0.3, -0.25) is 4.79 Å². The first-order chi connectivity index (χ1) is 8.65. The number of carbonyl (C=O) groups is 1. The van der Waals surface area contributed by atoms with Gasteiger partial charge in [-0.15, -0.1) is 11.3 Å². The highest BCUT2D eigenvalue weighted by molar-refractivity contribution is 7.09. The summed E-state index contributed by atoms with van der Waals surface area (Å²) in [5.74, 6) is -0.396. The Kier molecular flexibility index (Phi) is 4.07. The zero-order chi connectivity index (χ0) is 13.0. The van der Waals surface area contributed by atoms with E-state index in [0.29, 0.717) is 12.1 Å². The number of thiazole rings is 1. The average molecular weight is 261 g/mol. The Morgan fingerprint density at radius 3 is 2.94 bits per heavy atom. The molecule has 0 aliphatic heterocycles. The quantitative estimate of drug-likeness (QED) is 0.863. The summed E-state index contributed by atoms with van der Waals surface area (Å²) >= 11 is 1.65.